The van der Waals surface area contributed by atoms with Gasteiger partial charge in [-0.3, -0.25) is 19.2 Å². The summed E-state index contributed by atoms with van der Waals surface area (Å²) in [5, 5.41) is 0. The van der Waals surface area contributed by atoms with Crippen LogP contribution in [0.4, 0.5) is 0 Å². The number of carbonyl (C=O) groups excluding carboxylic acids is 4. The smallest absolute Gasteiger partial charge is 0.305 e. The van der Waals surface area contributed by atoms with Crippen LogP contribution in [0.3, 0.4) is 0 Å². The molecule has 0 radical (unpaired) electrons. The summed E-state index contributed by atoms with van der Waals surface area (Å²) in [5.74, 6) is -3.17. The third-order valence-electron chi connectivity index (χ3n) is 3.29. The number of esters is 4. The van der Waals surface area contributed by atoms with E-state index in [1.54, 1.807) is 6.92 Å². The molecule has 1 aliphatic rings. The first-order valence-electron chi connectivity index (χ1n) is 7.42. The minimum absolute atomic E-state index is 0.198. The van der Waals surface area contributed by atoms with E-state index in [1.165, 1.54) is 27.7 Å². The van der Waals surface area contributed by atoms with Crippen molar-refractivity contribution in [3.05, 3.63) is 0 Å². The molecule has 1 fully saturated rings. The van der Waals surface area contributed by atoms with Gasteiger partial charge in [0.25, 0.3) is 0 Å². The molecule has 1 rings (SSSR count). The molecule has 0 bridgehead atoms. The summed E-state index contributed by atoms with van der Waals surface area (Å²) in [7, 11) is 0. The van der Waals surface area contributed by atoms with Gasteiger partial charge in [0.05, 0.1) is 12.0 Å². The van der Waals surface area contributed by atoms with Gasteiger partial charge in [-0.15, -0.1) is 0 Å². The molecule has 1 aliphatic heterocycles. The second kappa shape index (κ2) is 8.62. The minimum Gasteiger partial charge on any atom is -0.465 e. The molecule has 0 amide bonds. The van der Waals surface area contributed by atoms with Crippen molar-refractivity contribution < 1.29 is 42.9 Å². The molecule has 9 heteroatoms. The highest BCUT2D eigenvalue weighted by atomic mass is 16.7. The Labute approximate surface area is 139 Å². The van der Waals surface area contributed by atoms with E-state index in [-0.39, 0.29) is 6.61 Å². The Morgan fingerprint density at radius 1 is 0.792 bits per heavy atom. The molecule has 1 heterocycles. The summed E-state index contributed by atoms with van der Waals surface area (Å²) in [4.78, 5) is 45.2. The van der Waals surface area contributed by atoms with Crippen molar-refractivity contribution in [1.82, 2.24) is 0 Å². The Morgan fingerprint density at radius 2 is 1.29 bits per heavy atom. The SMILES string of the molecule is CC(=O)OCC1C(OC(C)=O)C(C)OC(OC(C)=O)C1OC(C)=O. The summed E-state index contributed by atoms with van der Waals surface area (Å²) in [6.07, 6.45) is -3.82. The van der Waals surface area contributed by atoms with Crippen molar-refractivity contribution in [2.75, 3.05) is 6.61 Å². The quantitative estimate of drug-likeness (QED) is 0.513. The van der Waals surface area contributed by atoms with Crippen LogP contribution in [0, 0.1) is 5.92 Å². The van der Waals surface area contributed by atoms with E-state index >= 15 is 0 Å². The van der Waals surface area contributed by atoms with E-state index in [4.69, 9.17) is 23.7 Å². The average Bonchev–Trinajstić information content (AvgIpc) is 2.41. The van der Waals surface area contributed by atoms with Gasteiger partial charge in [0.1, 0.15) is 12.7 Å². The van der Waals surface area contributed by atoms with Crippen LogP contribution in [-0.4, -0.2) is 55.1 Å². The second-order valence-electron chi connectivity index (χ2n) is 5.43. The molecule has 9 nitrogen and oxygen atoms in total. The molecule has 0 aromatic heterocycles. The highest BCUT2D eigenvalue weighted by molar-refractivity contribution is 5.68. The van der Waals surface area contributed by atoms with Crippen LogP contribution in [0.1, 0.15) is 34.6 Å². The fraction of sp³-hybridized carbons (Fsp3) is 0.733. The molecule has 1 saturated heterocycles. The molecule has 0 spiro atoms. The van der Waals surface area contributed by atoms with Gasteiger partial charge in [0.15, 0.2) is 6.10 Å². The Hall–Kier alpha value is -2.16. The van der Waals surface area contributed by atoms with Crippen LogP contribution in [-0.2, 0) is 42.9 Å². The minimum atomic E-state index is -1.20. The Bertz CT molecular complexity index is 501. The topological polar surface area (TPSA) is 114 Å². The first-order chi connectivity index (χ1) is 11.1. The molecule has 24 heavy (non-hydrogen) atoms. The lowest BCUT2D eigenvalue weighted by atomic mass is 9.89. The van der Waals surface area contributed by atoms with Gasteiger partial charge >= 0.3 is 23.9 Å². The van der Waals surface area contributed by atoms with Crippen LogP contribution in [0.25, 0.3) is 0 Å². The molecule has 5 atom stereocenters. The molecule has 0 N–H and O–H groups in total. The summed E-state index contributed by atoms with van der Waals surface area (Å²) in [6.45, 7) is 6.19. The number of carbonyl (C=O) groups is 4. The molecule has 5 unspecified atom stereocenters. The lowest BCUT2D eigenvalue weighted by Gasteiger charge is -2.43. The third-order valence-corrected chi connectivity index (χ3v) is 3.29. The maximum absolute atomic E-state index is 11.4. The predicted octanol–water partition coefficient (Wildman–Crippen LogP) is 0.337. The van der Waals surface area contributed by atoms with Crippen molar-refractivity contribution in [3.8, 4) is 0 Å². The van der Waals surface area contributed by atoms with Gasteiger partial charge in [0, 0.05) is 27.7 Å². The zero-order valence-corrected chi connectivity index (χ0v) is 14.3. The standard InChI is InChI=1S/C15H22O9/c1-7-13(22-9(3)17)12(6-20-8(2)16)14(23-10(4)18)15(21-7)24-11(5)19/h7,12-15H,6H2,1-5H3. The Balaban J connectivity index is 3.12. The first-order valence-corrected chi connectivity index (χ1v) is 7.42. The van der Waals surface area contributed by atoms with E-state index in [0.717, 1.165) is 0 Å². The van der Waals surface area contributed by atoms with Gasteiger partial charge < -0.3 is 23.7 Å². The van der Waals surface area contributed by atoms with Crippen molar-refractivity contribution >= 4 is 23.9 Å². The average molecular weight is 346 g/mol. The molecular weight excluding hydrogens is 324 g/mol. The van der Waals surface area contributed by atoms with E-state index < -0.39 is 54.4 Å². The van der Waals surface area contributed by atoms with E-state index in [1.807, 2.05) is 0 Å². The van der Waals surface area contributed by atoms with Gasteiger partial charge in [-0.1, -0.05) is 0 Å². The number of hydrogen-bond donors (Lipinski definition) is 0. The summed E-state index contributed by atoms with van der Waals surface area (Å²) in [5.41, 5.74) is 0. The summed E-state index contributed by atoms with van der Waals surface area (Å²) >= 11 is 0. The third kappa shape index (κ3) is 5.80. The van der Waals surface area contributed by atoms with E-state index in [0.29, 0.717) is 0 Å². The molecule has 0 aromatic rings. The number of rotatable bonds is 5. The van der Waals surface area contributed by atoms with Crippen molar-refractivity contribution in [1.29, 1.82) is 0 Å². The van der Waals surface area contributed by atoms with Crippen LogP contribution >= 0.6 is 0 Å². The Kier molecular flexibility index (Phi) is 7.15. The highest BCUT2D eigenvalue weighted by Gasteiger charge is 2.50. The van der Waals surface area contributed by atoms with E-state index in [2.05, 4.69) is 0 Å². The fourth-order valence-corrected chi connectivity index (χ4v) is 2.47. The molecular formula is C15H22O9. The van der Waals surface area contributed by atoms with Crippen molar-refractivity contribution in [2.24, 2.45) is 5.92 Å². The lowest BCUT2D eigenvalue weighted by Crippen LogP contribution is -2.58. The van der Waals surface area contributed by atoms with Gasteiger partial charge in [-0.2, -0.15) is 0 Å². The van der Waals surface area contributed by atoms with Crippen LogP contribution in [0.5, 0.6) is 0 Å². The lowest BCUT2D eigenvalue weighted by molar-refractivity contribution is -0.283. The highest BCUT2D eigenvalue weighted by Crippen LogP contribution is 2.32. The summed E-state index contributed by atoms with van der Waals surface area (Å²) in [6, 6.07) is 0. The fourth-order valence-electron chi connectivity index (χ4n) is 2.47. The zero-order chi connectivity index (χ0) is 18.4. The van der Waals surface area contributed by atoms with Gasteiger partial charge in [0.2, 0.25) is 6.29 Å². The monoisotopic (exact) mass is 346 g/mol. The molecule has 136 valence electrons. The van der Waals surface area contributed by atoms with Crippen LogP contribution in [0.15, 0.2) is 0 Å². The zero-order valence-electron chi connectivity index (χ0n) is 14.3. The first kappa shape index (κ1) is 19.9. The van der Waals surface area contributed by atoms with Crippen molar-refractivity contribution in [3.63, 3.8) is 0 Å². The second-order valence-corrected chi connectivity index (χ2v) is 5.43. The number of ether oxygens (including phenoxy) is 5. The summed E-state index contributed by atoms with van der Waals surface area (Å²) < 4.78 is 26.0. The van der Waals surface area contributed by atoms with E-state index in [9.17, 15) is 19.2 Å². The van der Waals surface area contributed by atoms with Crippen LogP contribution in [0.2, 0.25) is 0 Å². The van der Waals surface area contributed by atoms with Crippen LogP contribution < -0.4 is 0 Å². The molecule has 0 aliphatic carbocycles. The maximum atomic E-state index is 11.4. The predicted molar refractivity (Wildman–Crippen MR) is 77.3 cm³/mol. The largest absolute Gasteiger partial charge is 0.465 e. The maximum Gasteiger partial charge on any atom is 0.305 e. The Morgan fingerprint density at radius 3 is 1.75 bits per heavy atom. The van der Waals surface area contributed by atoms with Gasteiger partial charge in [-0.25, -0.2) is 0 Å². The number of hydrogen-bond acceptors (Lipinski definition) is 9. The normalized spacial score (nSPS) is 29.3. The molecule has 0 aromatic carbocycles. The molecule has 0 saturated carbocycles. The van der Waals surface area contributed by atoms with Crippen molar-refractivity contribution in [2.45, 2.75) is 59.2 Å². The van der Waals surface area contributed by atoms with Gasteiger partial charge in [-0.05, 0) is 6.92 Å².